The predicted molar refractivity (Wildman–Crippen MR) is 96.9 cm³/mol. The van der Waals surface area contributed by atoms with Crippen molar-refractivity contribution in [3.63, 3.8) is 0 Å². The maximum absolute atomic E-state index is 12.4. The number of amides is 2. The minimum absolute atomic E-state index is 0.0344. The van der Waals surface area contributed by atoms with Crippen LogP contribution in [0.5, 0.6) is 0 Å². The van der Waals surface area contributed by atoms with Crippen molar-refractivity contribution in [3.8, 4) is 0 Å². The van der Waals surface area contributed by atoms with Gasteiger partial charge in [0.15, 0.2) is 0 Å². The third kappa shape index (κ3) is 5.01. The molecule has 0 fully saturated rings. The van der Waals surface area contributed by atoms with Gasteiger partial charge < -0.3 is 0 Å². The topological polar surface area (TPSA) is 135 Å². The molecule has 0 atom stereocenters. The Kier molecular flexibility index (Phi) is 6.01. The van der Waals surface area contributed by atoms with Crippen molar-refractivity contribution in [1.29, 1.82) is 0 Å². The van der Waals surface area contributed by atoms with Crippen LogP contribution in [0.1, 0.15) is 5.69 Å². The number of nitrogens with one attached hydrogen (secondary N) is 2. The van der Waals surface area contributed by atoms with Gasteiger partial charge in [-0.05, 0) is 0 Å². The molecule has 0 aliphatic rings. The number of sulfonamides is 1. The Bertz CT molecular complexity index is 1050. The second-order valence-electron chi connectivity index (χ2n) is 5.15. The summed E-state index contributed by atoms with van der Waals surface area (Å²) in [7, 11) is -8.21. The Morgan fingerprint density at radius 1 is 1.08 bits per heavy atom. The average Bonchev–Trinajstić information content (AvgIpc) is 2.52. The van der Waals surface area contributed by atoms with Gasteiger partial charge in [0.25, 0.3) is 0 Å². The molecule has 0 spiro atoms. The van der Waals surface area contributed by atoms with Crippen LogP contribution in [0, 0.1) is 6.92 Å². The standard InChI is InChI=1S/C14H16N4O5S2Se/c1-9-8-12(26-3)16-13(15-9)17-14(19)18-25(22,23)11-7-5-4-6-10(11)24(2,20)21/h4-8H,1-3H3,(H2,15,16,17,18,19). The van der Waals surface area contributed by atoms with Crippen LogP contribution in [0.3, 0.4) is 0 Å². The number of carbonyl (C=O) groups excluding carboxylic acids is 1. The van der Waals surface area contributed by atoms with E-state index in [9.17, 15) is 21.6 Å². The van der Waals surface area contributed by atoms with E-state index < -0.39 is 35.7 Å². The Balaban J connectivity index is 2.28. The fourth-order valence-corrected chi connectivity index (χ4v) is 5.50. The Labute approximate surface area is 157 Å². The number of rotatable bonds is 5. The second kappa shape index (κ2) is 7.70. The van der Waals surface area contributed by atoms with Gasteiger partial charge in [0, 0.05) is 0 Å². The molecule has 0 bridgehead atoms. The molecule has 2 rings (SSSR count). The fraction of sp³-hybridized carbons (Fsp3) is 0.214. The van der Waals surface area contributed by atoms with Crippen molar-refractivity contribution >= 4 is 51.4 Å². The molecular weight excluding hydrogens is 447 g/mol. The Hall–Kier alpha value is -2.01. The minimum atomic E-state index is -4.41. The number of hydrogen-bond donors (Lipinski definition) is 2. The number of anilines is 1. The molecule has 0 saturated carbocycles. The molecule has 0 aliphatic heterocycles. The molecule has 0 aliphatic carbocycles. The summed E-state index contributed by atoms with van der Waals surface area (Å²) in [6.45, 7) is 1.72. The molecule has 0 radical (unpaired) electrons. The van der Waals surface area contributed by atoms with Gasteiger partial charge in [-0.3, -0.25) is 0 Å². The predicted octanol–water partition coefficient (Wildman–Crippen LogP) is 0.0765. The van der Waals surface area contributed by atoms with Gasteiger partial charge in [0.05, 0.1) is 0 Å². The van der Waals surface area contributed by atoms with Crippen LogP contribution in [0.2, 0.25) is 5.82 Å². The van der Waals surface area contributed by atoms with Crippen LogP contribution in [-0.2, 0) is 19.9 Å². The van der Waals surface area contributed by atoms with Gasteiger partial charge in [-0.2, -0.15) is 0 Å². The number of aryl methyl sites for hydroxylation is 1. The average molecular weight is 463 g/mol. The number of benzene rings is 1. The van der Waals surface area contributed by atoms with Gasteiger partial charge >= 0.3 is 158 Å². The first-order valence-corrected chi connectivity index (χ1v) is 13.0. The zero-order valence-corrected chi connectivity index (χ0v) is 17.4. The first kappa shape index (κ1) is 20.3. The Morgan fingerprint density at radius 2 is 1.69 bits per heavy atom. The van der Waals surface area contributed by atoms with E-state index in [0.29, 0.717) is 5.69 Å². The monoisotopic (exact) mass is 464 g/mol. The molecule has 1 aromatic heterocycles. The first-order valence-electron chi connectivity index (χ1n) is 7.05. The zero-order chi connectivity index (χ0) is 19.5. The van der Waals surface area contributed by atoms with E-state index in [1.165, 1.54) is 12.1 Å². The van der Waals surface area contributed by atoms with Crippen LogP contribution in [-0.4, -0.2) is 54.0 Å². The van der Waals surface area contributed by atoms with Crippen LogP contribution >= 0.6 is 0 Å². The van der Waals surface area contributed by atoms with E-state index in [1.54, 1.807) is 17.7 Å². The van der Waals surface area contributed by atoms with Gasteiger partial charge in [0.1, 0.15) is 0 Å². The van der Waals surface area contributed by atoms with Crippen LogP contribution in [0.15, 0.2) is 40.1 Å². The molecule has 1 heterocycles. The summed E-state index contributed by atoms with van der Waals surface area (Å²) in [5.41, 5.74) is 0.624. The van der Waals surface area contributed by atoms with Crippen molar-refractivity contribution in [2.24, 2.45) is 0 Å². The van der Waals surface area contributed by atoms with Gasteiger partial charge in [-0.1, -0.05) is 0 Å². The molecule has 140 valence electrons. The van der Waals surface area contributed by atoms with E-state index in [1.807, 2.05) is 5.82 Å². The molecule has 2 N–H and O–H groups in total. The van der Waals surface area contributed by atoms with Crippen molar-refractivity contribution in [2.45, 2.75) is 22.5 Å². The SMILES string of the molecule is C[Se]c1cc(C)nc(NC(=O)NS(=O)(=O)c2ccccc2S(C)(=O)=O)n1. The molecule has 0 saturated heterocycles. The molecular formula is C14H16N4O5S2Se. The molecule has 2 aromatic rings. The normalized spacial score (nSPS) is 11.8. The van der Waals surface area contributed by atoms with Crippen LogP contribution in [0.4, 0.5) is 10.7 Å². The Morgan fingerprint density at radius 3 is 2.27 bits per heavy atom. The molecule has 2 amide bonds. The van der Waals surface area contributed by atoms with E-state index in [4.69, 9.17) is 0 Å². The van der Waals surface area contributed by atoms with Gasteiger partial charge in [0.2, 0.25) is 0 Å². The van der Waals surface area contributed by atoms with Gasteiger partial charge in [-0.15, -0.1) is 0 Å². The number of carbonyl (C=O) groups is 1. The summed E-state index contributed by atoms with van der Waals surface area (Å²) in [5.74, 6) is 1.90. The second-order valence-corrected chi connectivity index (χ2v) is 10.5. The summed E-state index contributed by atoms with van der Waals surface area (Å²) in [5, 5.41) is 2.25. The molecule has 9 nitrogen and oxygen atoms in total. The van der Waals surface area contributed by atoms with Crippen molar-refractivity contribution in [3.05, 3.63) is 36.0 Å². The quantitative estimate of drug-likeness (QED) is 0.600. The zero-order valence-electron chi connectivity index (χ0n) is 14.0. The molecule has 1 aromatic carbocycles. The maximum atomic E-state index is 12.4. The van der Waals surface area contributed by atoms with Crippen LogP contribution in [0.25, 0.3) is 0 Å². The van der Waals surface area contributed by atoms with E-state index >= 15 is 0 Å². The van der Waals surface area contributed by atoms with E-state index in [2.05, 4.69) is 15.3 Å². The number of aromatic nitrogens is 2. The number of urea groups is 1. The van der Waals surface area contributed by atoms with E-state index in [-0.39, 0.29) is 20.9 Å². The summed E-state index contributed by atoms with van der Waals surface area (Å²) in [6, 6.07) is 5.69. The van der Waals surface area contributed by atoms with Crippen LogP contribution < -0.4 is 14.6 Å². The number of nitrogens with zero attached hydrogens (tertiary/aromatic N) is 2. The fourth-order valence-electron chi connectivity index (χ4n) is 1.98. The van der Waals surface area contributed by atoms with Crippen molar-refractivity contribution in [2.75, 3.05) is 11.6 Å². The first-order chi connectivity index (χ1) is 12.0. The summed E-state index contributed by atoms with van der Waals surface area (Å²) in [6.07, 6.45) is 0.885. The molecule has 0 unspecified atom stereocenters. The molecule has 26 heavy (non-hydrogen) atoms. The summed E-state index contributed by atoms with van der Waals surface area (Å²) in [4.78, 5) is 19.3. The number of hydrogen-bond acceptors (Lipinski definition) is 7. The van der Waals surface area contributed by atoms with Crippen molar-refractivity contribution in [1.82, 2.24) is 14.7 Å². The number of sulfone groups is 1. The molecule has 12 heteroatoms. The summed E-state index contributed by atoms with van der Waals surface area (Å²) >= 11 is 0.0705. The van der Waals surface area contributed by atoms with Gasteiger partial charge in [-0.25, -0.2) is 0 Å². The summed E-state index contributed by atoms with van der Waals surface area (Å²) < 4.78 is 50.9. The third-order valence-corrected chi connectivity index (χ3v) is 7.02. The van der Waals surface area contributed by atoms with E-state index in [0.717, 1.165) is 23.0 Å². The third-order valence-electron chi connectivity index (χ3n) is 3.03. The van der Waals surface area contributed by atoms with Crippen molar-refractivity contribution < 1.29 is 21.6 Å².